The van der Waals surface area contributed by atoms with Crippen LogP contribution >= 0.6 is 11.6 Å². The molecule has 0 saturated heterocycles. The van der Waals surface area contributed by atoms with Crippen LogP contribution in [0.2, 0.25) is 5.02 Å². The quantitative estimate of drug-likeness (QED) is 0.911. The van der Waals surface area contributed by atoms with E-state index in [0.717, 1.165) is 12.1 Å². The fourth-order valence-corrected chi connectivity index (χ4v) is 2.02. The van der Waals surface area contributed by atoms with Crippen molar-refractivity contribution in [2.75, 3.05) is 5.32 Å². The number of rotatable bonds is 4. The number of carbonyl (C=O) groups is 1. The van der Waals surface area contributed by atoms with Gasteiger partial charge in [-0.2, -0.15) is 5.10 Å². The van der Waals surface area contributed by atoms with E-state index in [1.54, 1.807) is 13.8 Å². The first-order chi connectivity index (χ1) is 10.7. The molecule has 1 unspecified atom stereocenters. The minimum atomic E-state index is -4.75. The number of nitrogens with zero attached hydrogens (tertiary/aromatic N) is 2. The summed E-state index contributed by atoms with van der Waals surface area (Å²) in [6, 6.07) is 4.23. The topological polar surface area (TPSA) is 56.2 Å². The number of benzene rings is 1. The van der Waals surface area contributed by atoms with Crippen molar-refractivity contribution in [3.05, 3.63) is 41.2 Å². The lowest BCUT2D eigenvalue weighted by atomic mass is 10.2. The maximum Gasteiger partial charge on any atom is 0.573 e. The standard InChI is InChI=1S/C14H13ClF3N3O2/c1-8-12(15)7-19-21(8)9(2)13(22)20-10-3-5-11(6-4-10)23-14(16,17)18/h3-7,9H,1-2H3,(H,20,22). The van der Waals surface area contributed by atoms with E-state index < -0.39 is 12.4 Å². The molecule has 23 heavy (non-hydrogen) atoms. The molecule has 9 heteroatoms. The third-order valence-electron chi connectivity index (χ3n) is 3.09. The number of hydrogen-bond acceptors (Lipinski definition) is 3. The van der Waals surface area contributed by atoms with Crippen LogP contribution in [-0.4, -0.2) is 22.1 Å². The van der Waals surface area contributed by atoms with Crippen molar-refractivity contribution >= 4 is 23.2 Å². The van der Waals surface area contributed by atoms with Gasteiger partial charge < -0.3 is 10.1 Å². The molecule has 5 nitrogen and oxygen atoms in total. The predicted molar refractivity (Wildman–Crippen MR) is 78.4 cm³/mol. The van der Waals surface area contributed by atoms with Crippen LogP contribution < -0.4 is 10.1 Å². The third-order valence-corrected chi connectivity index (χ3v) is 3.46. The number of halogens is 4. The van der Waals surface area contributed by atoms with Crippen molar-refractivity contribution in [1.29, 1.82) is 0 Å². The first-order valence-electron chi connectivity index (χ1n) is 6.53. The number of amides is 1. The van der Waals surface area contributed by atoms with Gasteiger partial charge in [0.2, 0.25) is 5.91 Å². The van der Waals surface area contributed by atoms with Gasteiger partial charge in [-0.1, -0.05) is 11.6 Å². The van der Waals surface area contributed by atoms with Crippen LogP contribution in [0, 0.1) is 6.92 Å². The molecule has 1 heterocycles. The fraction of sp³-hybridized carbons (Fsp3) is 0.286. The van der Waals surface area contributed by atoms with Gasteiger partial charge in [-0.3, -0.25) is 9.48 Å². The summed E-state index contributed by atoms with van der Waals surface area (Å²) >= 11 is 5.89. The molecule has 1 amide bonds. The number of hydrogen-bond donors (Lipinski definition) is 1. The second-order valence-corrected chi connectivity index (χ2v) is 5.17. The Morgan fingerprint density at radius 2 is 1.96 bits per heavy atom. The summed E-state index contributed by atoms with van der Waals surface area (Å²) in [5.74, 6) is -0.740. The lowest BCUT2D eigenvalue weighted by Crippen LogP contribution is -2.25. The number of aromatic nitrogens is 2. The van der Waals surface area contributed by atoms with E-state index in [1.165, 1.54) is 23.0 Å². The molecule has 1 aromatic heterocycles. The Hall–Kier alpha value is -2.22. The summed E-state index contributed by atoms with van der Waals surface area (Å²) in [4.78, 5) is 12.2. The van der Waals surface area contributed by atoms with Crippen LogP contribution in [0.1, 0.15) is 18.7 Å². The molecule has 1 aromatic carbocycles. The van der Waals surface area contributed by atoms with Crippen molar-refractivity contribution in [3.8, 4) is 5.75 Å². The highest BCUT2D eigenvalue weighted by molar-refractivity contribution is 6.31. The van der Waals surface area contributed by atoms with Gasteiger partial charge in [-0.05, 0) is 38.1 Å². The Labute approximate surface area is 135 Å². The van der Waals surface area contributed by atoms with Gasteiger partial charge in [0.15, 0.2) is 0 Å². The molecule has 0 bridgehead atoms. The van der Waals surface area contributed by atoms with E-state index in [0.29, 0.717) is 16.4 Å². The second-order valence-electron chi connectivity index (χ2n) is 4.76. The normalized spacial score (nSPS) is 12.8. The minimum Gasteiger partial charge on any atom is -0.406 e. The molecular weight excluding hydrogens is 335 g/mol. The lowest BCUT2D eigenvalue weighted by Gasteiger charge is -2.15. The van der Waals surface area contributed by atoms with Crippen LogP contribution in [-0.2, 0) is 4.79 Å². The van der Waals surface area contributed by atoms with Gasteiger partial charge in [0.25, 0.3) is 0 Å². The Kier molecular flexibility index (Phi) is 4.84. The highest BCUT2D eigenvalue weighted by Gasteiger charge is 2.31. The maximum absolute atomic E-state index is 12.2. The molecule has 0 saturated carbocycles. The van der Waals surface area contributed by atoms with Crippen molar-refractivity contribution in [2.24, 2.45) is 0 Å². The summed E-state index contributed by atoms with van der Waals surface area (Å²) in [7, 11) is 0. The van der Waals surface area contributed by atoms with Gasteiger partial charge in [0.1, 0.15) is 11.8 Å². The summed E-state index contributed by atoms with van der Waals surface area (Å²) in [6.45, 7) is 3.36. The predicted octanol–water partition coefficient (Wildman–Crippen LogP) is 3.94. The summed E-state index contributed by atoms with van der Waals surface area (Å²) in [5.41, 5.74) is 0.982. The smallest absolute Gasteiger partial charge is 0.406 e. The van der Waals surface area contributed by atoms with E-state index in [9.17, 15) is 18.0 Å². The first kappa shape index (κ1) is 17.1. The van der Waals surface area contributed by atoms with Crippen molar-refractivity contribution in [3.63, 3.8) is 0 Å². The Morgan fingerprint density at radius 3 is 2.43 bits per heavy atom. The maximum atomic E-state index is 12.2. The van der Waals surface area contributed by atoms with E-state index in [-0.39, 0.29) is 11.7 Å². The van der Waals surface area contributed by atoms with Crippen molar-refractivity contribution < 1.29 is 22.7 Å². The van der Waals surface area contributed by atoms with Crippen LogP contribution in [0.5, 0.6) is 5.75 Å². The number of carbonyl (C=O) groups excluding carboxylic acids is 1. The number of alkyl halides is 3. The van der Waals surface area contributed by atoms with Crippen molar-refractivity contribution in [1.82, 2.24) is 9.78 Å². The molecule has 0 radical (unpaired) electrons. The van der Waals surface area contributed by atoms with Gasteiger partial charge in [0.05, 0.1) is 16.9 Å². The van der Waals surface area contributed by atoms with Crippen molar-refractivity contribution in [2.45, 2.75) is 26.3 Å². The molecule has 0 fully saturated rings. The highest BCUT2D eigenvalue weighted by Crippen LogP contribution is 2.24. The average molecular weight is 348 g/mol. The number of nitrogens with one attached hydrogen (secondary N) is 1. The Balaban J connectivity index is 2.04. The number of ether oxygens (including phenoxy) is 1. The third kappa shape index (κ3) is 4.38. The second kappa shape index (κ2) is 6.49. The number of anilines is 1. The molecule has 2 rings (SSSR count). The molecule has 0 spiro atoms. The molecule has 2 aromatic rings. The van der Waals surface area contributed by atoms with E-state index >= 15 is 0 Å². The minimum absolute atomic E-state index is 0.340. The zero-order valence-electron chi connectivity index (χ0n) is 12.2. The summed E-state index contributed by atoms with van der Waals surface area (Å²) in [6.07, 6.45) is -3.32. The molecule has 124 valence electrons. The molecule has 0 aliphatic carbocycles. The van der Waals surface area contributed by atoms with Gasteiger partial charge in [-0.25, -0.2) is 0 Å². The molecular formula is C14H13ClF3N3O2. The summed E-state index contributed by atoms with van der Waals surface area (Å²) in [5, 5.41) is 7.04. The molecule has 1 N–H and O–H groups in total. The van der Waals surface area contributed by atoms with Crippen LogP contribution in [0.4, 0.5) is 18.9 Å². The average Bonchev–Trinajstić information content (AvgIpc) is 2.79. The van der Waals surface area contributed by atoms with Crippen LogP contribution in [0.25, 0.3) is 0 Å². The van der Waals surface area contributed by atoms with Gasteiger partial charge in [0, 0.05) is 5.69 Å². The SMILES string of the molecule is Cc1c(Cl)cnn1C(C)C(=O)Nc1ccc(OC(F)(F)F)cc1. The van der Waals surface area contributed by atoms with E-state index in [1.807, 2.05) is 0 Å². The molecule has 0 aliphatic heterocycles. The van der Waals surface area contributed by atoms with E-state index in [2.05, 4.69) is 15.2 Å². The lowest BCUT2D eigenvalue weighted by molar-refractivity contribution is -0.274. The first-order valence-corrected chi connectivity index (χ1v) is 6.91. The monoisotopic (exact) mass is 347 g/mol. The van der Waals surface area contributed by atoms with Gasteiger partial charge in [-0.15, -0.1) is 13.2 Å². The molecule has 0 aliphatic rings. The van der Waals surface area contributed by atoms with E-state index in [4.69, 9.17) is 11.6 Å². The largest absolute Gasteiger partial charge is 0.573 e. The van der Waals surface area contributed by atoms with Crippen LogP contribution in [0.3, 0.4) is 0 Å². The fourth-order valence-electron chi connectivity index (χ4n) is 1.89. The van der Waals surface area contributed by atoms with Gasteiger partial charge >= 0.3 is 6.36 Å². The Morgan fingerprint density at radius 1 is 1.35 bits per heavy atom. The molecule has 1 atom stereocenters. The zero-order valence-corrected chi connectivity index (χ0v) is 12.9. The summed E-state index contributed by atoms with van der Waals surface area (Å²) < 4.78 is 41.4. The highest BCUT2D eigenvalue weighted by atomic mass is 35.5. The zero-order chi connectivity index (χ0) is 17.2. The van der Waals surface area contributed by atoms with Crippen LogP contribution in [0.15, 0.2) is 30.5 Å². The Bertz CT molecular complexity index is 698.